The van der Waals surface area contributed by atoms with Gasteiger partial charge in [0.15, 0.2) is 0 Å². The lowest BCUT2D eigenvalue weighted by Crippen LogP contribution is -2.40. The third-order valence-electron chi connectivity index (χ3n) is 5.84. The molecule has 0 aliphatic heterocycles. The normalized spacial score (nSPS) is 17.5. The van der Waals surface area contributed by atoms with Crippen molar-refractivity contribution in [3.8, 4) is 5.75 Å². The molecule has 172 valence electrons. The van der Waals surface area contributed by atoms with E-state index >= 15 is 0 Å². The summed E-state index contributed by atoms with van der Waals surface area (Å²) in [5, 5.41) is 3.51. The topological polar surface area (TPSA) is 41.6 Å². The van der Waals surface area contributed by atoms with Gasteiger partial charge >= 0.3 is 12.1 Å². The van der Waals surface area contributed by atoms with E-state index < -0.39 is 12.1 Å². The molecule has 1 aliphatic rings. The summed E-state index contributed by atoms with van der Waals surface area (Å²) in [7, 11) is 1.64. The Morgan fingerprint density at radius 2 is 1.67 bits per heavy atom. The average Bonchev–Trinajstić information content (AvgIpc) is 3.61. The van der Waals surface area contributed by atoms with Crippen LogP contribution < -0.4 is 15.0 Å². The van der Waals surface area contributed by atoms with E-state index in [1.807, 2.05) is 36.4 Å². The van der Waals surface area contributed by atoms with Crippen LogP contribution in [-0.4, -0.2) is 25.2 Å². The Bertz CT molecular complexity index is 1080. The second kappa shape index (κ2) is 9.67. The smallest absolute Gasteiger partial charge is 0.471 e. The molecular weight excluding hydrogens is 429 g/mol. The number of halogens is 3. The van der Waals surface area contributed by atoms with Crippen LogP contribution in [0.25, 0.3) is 0 Å². The molecule has 2 atom stereocenters. The Morgan fingerprint density at radius 1 is 1.00 bits per heavy atom. The monoisotopic (exact) mass is 454 g/mol. The number of hydrogen-bond acceptors (Lipinski definition) is 3. The molecule has 7 heteroatoms. The lowest BCUT2D eigenvalue weighted by atomic mass is 10.1. The molecule has 1 saturated carbocycles. The molecule has 1 amide bonds. The fourth-order valence-corrected chi connectivity index (χ4v) is 3.98. The quantitative estimate of drug-likeness (QED) is 0.493. The van der Waals surface area contributed by atoms with Gasteiger partial charge in [-0.1, -0.05) is 60.7 Å². The molecule has 3 aromatic rings. The number of carbonyl (C=O) groups is 1. The van der Waals surface area contributed by atoms with Gasteiger partial charge in [0.05, 0.1) is 13.7 Å². The largest absolute Gasteiger partial charge is 0.496 e. The summed E-state index contributed by atoms with van der Waals surface area (Å²) in [4.78, 5) is 12.9. The zero-order chi connectivity index (χ0) is 23.4. The van der Waals surface area contributed by atoms with E-state index in [1.54, 1.807) is 49.6 Å². The zero-order valence-corrected chi connectivity index (χ0v) is 18.2. The highest BCUT2D eigenvalue weighted by Crippen LogP contribution is 2.42. The van der Waals surface area contributed by atoms with Crippen LogP contribution in [0.5, 0.6) is 5.75 Å². The summed E-state index contributed by atoms with van der Waals surface area (Å²) in [6.07, 6.45) is -4.00. The van der Waals surface area contributed by atoms with Crippen molar-refractivity contribution in [1.82, 2.24) is 5.32 Å². The number of nitrogens with one attached hydrogen (secondary N) is 1. The Hall–Kier alpha value is -3.32. The first kappa shape index (κ1) is 22.9. The van der Waals surface area contributed by atoms with Crippen LogP contribution in [0.1, 0.15) is 29.0 Å². The summed E-state index contributed by atoms with van der Waals surface area (Å²) < 4.78 is 45.1. The maximum Gasteiger partial charge on any atom is 0.471 e. The van der Waals surface area contributed by atoms with Crippen molar-refractivity contribution in [2.45, 2.75) is 37.6 Å². The van der Waals surface area contributed by atoms with Gasteiger partial charge in [-0.3, -0.25) is 4.79 Å². The van der Waals surface area contributed by atoms with E-state index in [0.717, 1.165) is 28.2 Å². The van der Waals surface area contributed by atoms with Gasteiger partial charge < -0.3 is 15.0 Å². The number of hydrogen-bond donors (Lipinski definition) is 1. The standard InChI is InChI=1S/C26H25F3N2O2/c1-33-24-10-6-5-9-20(24)16-30-23-15-22(23)19-11-13-21(14-12-19)31(25(32)26(27,28)29)17-18-7-3-2-4-8-18/h2-14,22-23,30H,15-17H2,1H3. The van der Waals surface area contributed by atoms with Gasteiger partial charge in [-0.25, -0.2) is 0 Å². The van der Waals surface area contributed by atoms with Crippen LogP contribution in [0.4, 0.5) is 18.9 Å². The van der Waals surface area contributed by atoms with Gasteiger partial charge in [0, 0.05) is 29.8 Å². The SMILES string of the molecule is COc1ccccc1CNC1CC1c1ccc(N(Cc2ccccc2)C(=O)C(F)(F)F)cc1. The van der Waals surface area contributed by atoms with Crippen molar-refractivity contribution in [3.05, 3.63) is 95.6 Å². The molecule has 4 rings (SSSR count). The molecule has 0 heterocycles. The predicted molar refractivity (Wildman–Crippen MR) is 121 cm³/mol. The first-order valence-electron chi connectivity index (χ1n) is 10.7. The van der Waals surface area contributed by atoms with Crippen molar-refractivity contribution >= 4 is 11.6 Å². The molecule has 33 heavy (non-hydrogen) atoms. The van der Waals surface area contributed by atoms with Crippen LogP contribution in [-0.2, 0) is 17.9 Å². The molecule has 1 N–H and O–H groups in total. The molecule has 2 unspecified atom stereocenters. The van der Waals surface area contributed by atoms with Gasteiger partial charge in [-0.2, -0.15) is 13.2 Å². The van der Waals surface area contributed by atoms with Crippen molar-refractivity contribution in [3.63, 3.8) is 0 Å². The third-order valence-corrected chi connectivity index (χ3v) is 5.84. The van der Waals surface area contributed by atoms with E-state index in [-0.39, 0.29) is 24.2 Å². The highest BCUT2D eigenvalue weighted by Gasteiger charge is 2.43. The van der Waals surface area contributed by atoms with Crippen LogP contribution in [0, 0.1) is 0 Å². The minimum Gasteiger partial charge on any atom is -0.496 e. The number of methoxy groups -OCH3 is 1. The van der Waals surface area contributed by atoms with Crippen LogP contribution in [0.3, 0.4) is 0 Å². The number of nitrogens with zero attached hydrogens (tertiary/aromatic N) is 1. The highest BCUT2D eigenvalue weighted by atomic mass is 19.4. The fraction of sp³-hybridized carbons (Fsp3) is 0.269. The minimum absolute atomic E-state index is 0.148. The number of rotatable bonds is 8. The molecule has 1 aliphatic carbocycles. The van der Waals surface area contributed by atoms with Crippen LogP contribution in [0.2, 0.25) is 0 Å². The molecule has 0 bridgehead atoms. The molecule has 1 fully saturated rings. The van der Waals surface area contributed by atoms with Gasteiger partial charge in [-0.05, 0) is 35.7 Å². The van der Waals surface area contributed by atoms with Crippen molar-refractivity contribution in [1.29, 1.82) is 0 Å². The van der Waals surface area contributed by atoms with E-state index in [1.165, 1.54) is 0 Å². The number of amides is 1. The first-order valence-corrected chi connectivity index (χ1v) is 10.7. The molecule has 0 spiro atoms. The molecule has 4 nitrogen and oxygen atoms in total. The summed E-state index contributed by atoms with van der Waals surface area (Å²) in [5.41, 5.74) is 2.96. The van der Waals surface area contributed by atoms with Crippen molar-refractivity contribution < 1.29 is 22.7 Å². The molecular formula is C26H25F3N2O2. The summed E-state index contributed by atoms with van der Waals surface area (Å²) >= 11 is 0. The minimum atomic E-state index is -4.95. The van der Waals surface area contributed by atoms with Crippen LogP contribution >= 0.6 is 0 Å². The van der Waals surface area contributed by atoms with Crippen molar-refractivity contribution in [2.24, 2.45) is 0 Å². The Balaban J connectivity index is 1.43. The molecule has 0 aromatic heterocycles. The lowest BCUT2D eigenvalue weighted by Gasteiger charge is -2.24. The summed E-state index contributed by atoms with van der Waals surface area (Å²) in [5.74, 6) is -0.754. The molecule has 0 radical (unpaired) electrons. The number of alkyl halides is 3. The summed E-state index contributed by atoms with van der Waals surface area (Å²) in [6.45, 7) is 0.527. The second-order valence-corrected chi connectivity index (χ2v) is 8.11. The maximum absolute atomic E-state index is 13.2. The van der Waals surface area contributed by atoms with Crippen LogP contribution in [0.15, 0.2) is 78.9 Å². The van der Waals surface area contributed by atoms with E-state index in [4.69, 9.17) is 4.74 Å². The highest BCUT2D eigenvalue weighted by molar-refractivity contribution is 5.97. The van der Waals surface area contributed by atoms with Gasteiger partial charge in [0.1, 0.15) is 5.75 Å². The molecule has 3 aromatic carbocycles. The number of carbonyl (C=O) groups excluding carboxylic acids is 1. The van der Waals surface area contributed by atoms with Gasteiger partial charge in [0.25, 0.3) is 0 Å². The van der Waals surface area contributed by atoms with E-state index in [9.17, 15) is 18.0 Å². The maximum atomic E-state index is 13.2. The Morgan fingerprint density at radius 3 is 2.33 bits per heavy atom. The Kier molecular flexibility index (Phi) is 6.70. The fourth-order valence-electron chi connectivity index (χ4n) is 3.98. The van der Waals surface area contributed by atoms with E-state index in [2.05, 4.69) is 5.32 Å². The number of para-hydroxylation sites is 1. The number of anilines is 1. The second-order valence-electron chi connectivity index (χ2n) is 8.11. The number of benzene rings is 3. The summed E-state index contributed by atoms with van der Waals surface area (Å²) in [6, 6.07) is 23.6. The third kappa shape index (κ3) is 5.54. The first-order chi connectivity index (χ1) is 15.9. The van der Waals surface area contributed by atoms with Gasteiger partial charge in [0.2, 0.25) is 0 Å². The Labute approximate surface area is 191 Å². The van der Waals surface area contributed by atoms with Crippen molar-refractivity contribution in [2.75, 3.05) is 12.0 Å². The molecule has 0 saturated heterocycles. The van der Waals surface area contributed by atoms with E-state index in [0.29, 0.717) is 12.1 Å². The number of ether oxygens (including phenoxy) is 1. The average molecular weight is 454 g/mol. The van der Waals surface area contributed by atoms with Gasteiger partial charge in [-0.15, -0.1) is 0 Å². The predicted octanol–water partition coefficient (Wildman–Crippen LogP) is 5.44. The lowest BCUT2D eigenvalue weighted by molar-refractivity contribution is -0.170. The zero-order valence-electron chi connectivity index (χ0n) is 18.2.